The molecule has 0 spiro atoms. The average Bonchev–Trinajstić information content (AvgIpc) is 3.31. The number of aromatic nitrogens is 4. The standard InChI is InChI=1S/C24H26F2N8O2/c1-28-20-11-19(30-17-6-3-9-33(23(17)36)15-5-2-4-14(10-15)12-27)32-21-16(13-29-34(20)21)22(35)31-18-7-8-24(18,25)26/h3,6,9,11,13-15,18,28H,2,4-5,7-8,10H2,1H3,(H,30,32)(H,31,35)/t14-,15+,18+/m1/s1. The lowest BCUT2D eigenvalue weighted by Gasteiger charge is -2.36. The van der Waals surface area contributed by atoms with E-state index in [2.05, 4.69) is 32.1 Å². The molecule has 1 amide bonds. The van der Waals surface area contributed by atoms with E-state index in [0.717, 1.165) is 19.3 Å². The minimum absolute atomic E-state index is 0.0491. The van der Waals surface area contributed by atoms with Crippen LogP contribution in [-0.2, 0) is 0 Å². The number of nitrogens with one attached hydrogen (secondary N) is 3. The van der Waals surface area contributed by atoms with Crippen molar-refractivity contribution in [1.29, 1.82) is 5.26 Å². The average molecular weight is 497 g/mol. The number of anilines is 3. The highest BCUT2D eigenvalue weighted by atomic mass is 19.3. The van der Waals surface area contributed by atoms with Crippen LogP contribution >= 0.6 is 0 Å². The van der Waals surface area contributed by atoms with Crippen LogP contribution < -0.4 is 21.5 Å². The molecule has 2 aliphatic carbocycles. The third kappa shape index (κ3) is 4.25. The number of fused-ring (bicyclic) bond motifs is 1. The molecule has 10 nitrogen and oxygen atoms in total. The summed E-state index contributed by atoms with van der Waals surface area (Å²) in [5, 5.41) is 21.9. The second-order valence-electron chi connectivity index (χ2n) is 9.30. The number of nitriles is 1. The first-order valence-corrected chi connectivity index (χ1v) is 11.9. The summed E-state index contributed by atoms with van der Waals surface area (Å²) in [5.74, 6) is -2.92. The maximum absolute atomic E-state index is 13.7. The molecule has 3 atom stereocenters. The second-order valence-corrected chi connectivity index (χ2v) is 9.30. The molecule has 0 unspecified atom stereocenters. The van der Waals surface area contributed by atoms with E-state index >= 15 is 0 Å². The molecule has 188 valence electrons. The Hall–Kier alpha value is -4.01. The van der Waals surface area contributed by atoms with Gasteiger partial charge in [0, 0.05) is 37.7 Å². The topological polar surface area (TPSA) is 129 Å². The van der Waals surface area contributed by atoms with Gasteiger partial charge in [-0.2, -0.15) is 14.9 Å². The van der Waals surface area contributed by atoms with E-state index in [1.807, 2.05) is 0 Å². The highest BCUT2D eigenvalue weighted by molar-refractivity contribution is 6.00. The van der Waals surface area contributed by atoms with Crippen molar-refractivity contribution < 1.29 is 13.6 Å². The van der Waals surface area contributed by atoms with Crippen LogP contribution in [0.5, 0.6) is 0 Å². The number of rotatable bonds is 6. The fraction of sp³-hybridized carbons (Fsp3) is 0.458. The Morgan fingerprint density at radius 1 is 1.31 bits per heavy atom. The van der Waals surface area contributed by atoms with Crippen LogP contribution in [0.15, 0.2) is 35.4 Å². The van der Waals surface area contributed by atoms with Crippen LogP contribution in [0.1, 0.15) is 54.9 Å². The zero-order valence-corrected chi connectivity index (χ0v) is 19.7. The summed E-state index contributed by atoms with van der Waals surface area (Å²) in [6.07, 6.45) is 6.14. The summed E-state index contributed by atoms with van der Waals surface area (Å²) in [4.78, 5) is 30.5. The van der Waals surface area contributed by atoms with Crippen LogP contribution in [0.2, 0.25) is 0 Å². The predicted octanol–water partition coefficient (Wildman–Crippen LogP) is 3.46. The molecule has 0 saturated heterocycles. The van der Waals surface area contributed by atoms with E-state index in [9.17, 15) is 23.6 Å². The number of carbonyl (C=O) groups is 1. The van der Waals surface area contributed by atoms with Crippen molar-refractivity contribution in [3.05, 3.63) is 46.5 Å². The minimum Gasteiger partial charge on any atom is -0.373 e. The van der Waals surface area contributed by atoms with Crippen molar-refractivity contribution in [2.75, 3.05) is 17.7 Å². The fourth-order valence-electron chi connectivity index (χ4n) is 4.85. The summed E-state index contributed by atoms with van der Waals surface area (Å²) >= 11 is 0. The van der Waals surface area contributed by atoms with E-state index in [-0.39, 0.29) is 53.1 Å². The molecule has 2 saturated carbocycles. The Labute approximate surface area is 205 Å². The first-order valence-electron chi connectivity index (χ1n) is 11.9. The molecular formula is C24H26F2N8O2. The second kappa shape index (κ2) is 9.22. The predicted molar refractivity (Wildman–Crippen MR) is 129 cm³/mol. The zero-order valence-electron chi connectivity index (χ0n) is 19.7. The lowest BCUT2D eigenvalue weighted by molar-refractivity contribution is -0.102. The third-order valence-corrected chi connectivity index (χ3v) is 7.01. The lowest BCUT2D eigenvalue weighted by atomic mass is 9.86. The number of halogens is 2. The Kier molecular flexibility index (Phi) is 6.07. The minimum atomic E-state index is -2.92. The molecule has 3 heterocycles. The van der Waals surface area contributed by atoms with Crippen LogP contribution in [0.3, 0.4) is 0 Å². The van der Waals surface area contributed by atoms with Gasteiger partial charge in [0.15, 0.2) is 5.65 Å². The van der Waals surface area contributed by atoms with Crippen molar-refractivity contribution in [3.8, 4) is 6.07 Å². The van der Waals surface area contributed by atoms with Gasteiger partial charge in [-0.3, -0.25) is 9.59 Å². The van der Waals surface area contributed by atoms with E-state index in [1.54, 1.807) is 36.0 Å². The molecule has 0 radical (unpaired) electrons. The lowest BCUT2D eigenvalue weighted by Crippen LogP contribution is -2.55. The van der Waals surface area contributed by atoms with Gasteiger partial charge in [0.05, 0.1) is 18.3 Å². The van der Waals surface area contributed by atoms with Crippen molar-refractivity contribution in [1.82, 2.24) is 24.5 Å². The SMILES string of the molecule is CNc1cc(Nc2cccn([C@H]3CCC[C@@H](C#N)C3)c2=O)nc2c(C(=O)N[C@H]3CCC3(F)F)cnn12. The van der Waals surface area contributed by atoms with Gasteiger partial charge in [0.1, 0.15) is 22.9 Å². The van der Waals surface area contributed by atoms with E-state index in [1.165, 1.54) is 10.7 Å². The highest BCUT2D eigenvalue weighted by Crippen LogP contribution is 2.37. The largest absolute Gasteiger partial charge is 0.373 e. The quantitative estimate of drug-likeness (QED) is 0.477. The summed E-state index contributed by atoms with van der Waals surface area (Å²) < 4.78 is 30.4. The monoisotopic (exact) mass is 496 g/mol. The molecule has 2 fully saturated rings. The van der Waals surface area contributed by atoms with Crippen LogP contribution in [0.25, 0.3) is 5.65 Å². The molecule has 3 N–H and O–H groups in total. The maximum Gasteiger partial charge on any atom is 0.274 e. The Morgan fingerprint density at radius 3 is 2.83 bits per heavy atom. The zero-order chi connectivity index (χ0) is 25.4. The molecule has 36 heavy (non-hydrogen) atoms. The van der Waals surface area contributed by atoms with Crippen molar-refractivity contribution >= 4 is 28.9 Å². The summed E-state index contributed by atoms with van der Waals surface area (Å²) in [7, 11) is 1.67. The molecule has 0 aromatic carbocycles. The Balaban J connectivity index is 1.45. The maximum atomic E-state index is 13.7. The number of alkyl halides is 2. The molecule has 12 heteroatoms. The summed E-state index contributed by atoms with van der Waals surface area (Å²) in [6, 6.07) is 6.06. The van der Waals surface area contributed by atoms with E-state index in [0.29, 0.717) is 12.2 Å². The molecule has 5 rings (SSSR count). The van der Waals surface area contributed by atoms with Crippen molar-refractivity contribution in [2.45, 2.75) is 56.5 Å². The molecule has 0 bridgehead atoms. The van der Waals surface area contributed by atoms with Gasteiger partial charge >= 0.3 is 0 Å². The molecule has 0 aliphatic heterocycles. The van der Waals surface area contributed by atoms with E-state index < -0.39 is 17.9 Å². The molecular weight excluding hydrogens is 470 g/mol. The van der Waals surface area contributed by atoms with Crippen LogP contribution in [0.4, 0.5) is 26.1 Å². The van der Waals surface area contributed by atoms with Gasteiger partial charge in [0.2, 0.25) is 0 Å². The summed E-state index contributed by atoms with van der Waals surface area (Å²) in [6.45, 7) is 0. The van der Waals surface area contributed by atoms with Gasteiger partial charge in [-0.15, -0.1) is 0 Å². The highest BCUT2D eigenvalue weighted by Gasteiger charge is 2.49. The first-order chi connectivity index (χ1) is 17.3. The number of amides is 1. The van der Waals surface area contributed by atoms with Gasteiger partial charge in [0.25, 0.3) is 17.4 Å². The van der Waals surface area contributed by atoms with Gasteiger partial charge < -0.3 is 20.5 Å². The number of hydrogen-bond donors (Lipinski definition) is 3. The Morgan fingerprint density at radius 2 is 2.14 bits per heavy atom. The number of carbonyl (C=O) groups excluding carboxylic acids is 1. The molecule has 3 aromatic heterocycles. The fourth-order valence-corrected chi connectivity index (χ4v) is 4.85. The molecule has 3 aromatic rings. The smallest absolute Gasteiger partial charge is 0.274 e. The number of pyridine rings is 1. The van der Waals surface area contributed by atoms with Gasteiger partial charge in [-0.25, -0.2) is 13.8 Å². The third-order valence-electron chi connectivity index (χ3n) is 7.01. The van der Waals surface area contributed by atoms with Crippen LogP contribution in [0, 0.1) is 17.2 Å². The Bertz CT molecular complexity index is 1410. The van der Waals surface area contributed by atoms with Gasteiger partial charge in [-0.1, -0.05) is 6.42 Å². The molecule has 2 aliphatic rings. The van der Waals surface area contributed by atoms with E-state index in [4.69, 9.17) is 0 Å². The first kappa shape index (κ1) is 23.7. The normalized spacial score (nSPS) is 22.9. The van der Waals surface area contributed by atoms with Crippen LogP contribution in [-0.4, -0.2) is 44.1 Å². The van der Waals surface area contributed by atoms with Gasteiger partial charge in [-0.05, 0) is 37.8 Å². The van der Waals surface area contributed by atoms with Crippen molar-refractivity contribution in [3.63, 3.8) is 0 Å². The summed E-state index contributed by atoms with van der Waals surface area (Å²) in [5.41, 5.74) is 0.250. The number of nitrogens with zero attached hydrogens (tertiary/aromatic N) is 5. The van der Waals surface area contributed by atoms with Crippen molar-refractivity contribution in [2.24, 2.45) is 5.92 Å². The number of hydrogen-bond acceptors (Lipinski definition) is 7.